The molecule has 2 fully saturated rings. The summed E-state index contributed by atoms with van der Waals surface area (Å²) in [6.07, 6.45) is 1.49. The number of nitrogens with zero attached hydrogens (tertiary/aromatic N) is 3. The van der Waals surface area contributed by atoms with Crippen LogP contribution in [0.5, 0.6) is 0 Å². The maximum Gasteiger partial charge on any atom is 0.222 e. The van der Waals surface area contributed by atoms with Crippen molar-refractivity contribution < 1.29 is 9.90 Å². The summed E-state index contributed by atoms with van der Waals surface area (Å²) in [6.45, 7) is 13.9. The van der Waals surface area contributed by atoms with Crippen LogP contribution in [0.15, 0.2) is 0 Å². The van der Waals surface area contributed by atoms with E-state index in [0.717, 1.165) is 65.2 Å². The number of aliphatic hydroxyl groups is 1. The third-order valence-corrected chi connectivity index (χ3v) is 4.75. The van der Waals surface area contributed by atoms with E-state index in [0.29, 0.717) is 5.91 Å². The fourth-order valence-corrected chi connectivity index (χ4v) is 2.92. The Morgan fingerprint density at radius 3 is 2.19 bits per heavy atom. The van der Waals surface area contributed by atoms with Gasteiger partial charge in [0.05, 0.1) is 6.10 Å². The lowest BCUT2D eigenvalue weighted by atomic mass is 9.89. The van der Waals surface area contributed by atoms with Crippen molar-refractivity contribution in [3.63, 3.8) is 0 Å². The van der Waals surface area contributed by atoms with E-state index in [2.05, 4.69) is 30.6 Å². The van der Waals surface area contributed by atoms with E-state index in [4.69, 9.17) is 0 Å². The minimum Gasteiger partial charge on any atom is -0.391 e. The van der Waals surface area contributed by atoms with E-state index >= 15 is 0 Å². The summed E-state index contributed by atoms with van der Waals surface area (Å²) in [6, 6.07) is 0. The van der Waals surface area contributed by atoms with Gasteiger partial charge in [-0.05, 0) is 11.8 Å². The Balaban J connectivity index is 1.65. The summed E-state index contributed by atoms with van der Waals surface area (Å²) in [4.78, 5) is 18.4. The largest absolute Gasteiger partial charge is 0.391 e. The second kappa shape index (κ2) is 7.07. The molecule has 0 aromatic rings. The number of likely N-dealkylation sites (tertiary alicyclic amines) is 1. The van der Waals surface area contributed by atoms with Crippen molar-refractivity contribution in [1.82, 2.24) is 14.7 Å². The third kappa shape index (κ3) is 4.94. The Bertz CT molecular complexity index is 346. The van der Waals surface area contributed by atoms with E-state index in [9.17, 15) is 9.90 Å². The monoisotopic (exact) mass is 297 g/mol. The maximum absolute atomic E-state index is 11.6. The van der Waals surface area contributed by atoms with Gasteiger partial charge in [-0.25, -0.2) is 0 Å². The Hall–Kier alpha value is -0.650. The predicted molar refractivity (Wildman–Crippen MR) is 84.2 cm³/mol. The quantitative estimate of drug-likeness (QED) is 0.809. The molecule has 0 radical (unpaired) electrons. The zero-order chi connectivity index (χ0) is 15.5. The summed E-state index contributed by atoms with van der Waals surface area (Å²) in [5.41, 5.74) is -0.0484. The molecule has 2 heterocycles. The molecule has 21 heavy (non-hydrogen) atoms. The molecule has 1 atom stereocenters. The number of piperazine rings is 1. The highest BCUT2D eigenvalue weighted by molar-refractivity contribution is 5.78. The average Bonchev–Trinajstić information content (AvgIpc) is 2.82. The molecule has 0 unspecified atom stereocenters. The Kier molecular flexibility index (Phi) is 5.63. The molecule has 1 N–H and O–H groups in total. The summed E-state index contributed by atoms with van der Waals surface area (Å²) >= 11 is 0. The van der Waals surface area contributed by atoms with Gasteiger partial charge in [0.1, 0.15) is 0 Å². The molecule has 2 rings (SSSR count). The first-order valence-electron chi connectivity index (χ1n) is 8.27. The van der Waals surface area contributed by atoms with Crippen molar-refractivity contribution in [3.05, 3.63) is 0 Å². The molecule has 0 bridgehead atoms. The minimum atomic E-state index is -0.272. The molecule has 5 nitrogen and oxygen atoms in total. The van der Waals surface area contributed by atoms with Gasteiger partial charge >= 0.3 is 0 Å². The standard InChI is InChI=1S/C16H31N3O2/c1-16(2,3)14(20)13-18-9-7-17(8-10-18)11-12-19-6-4-5-15(19)21/h14,20H,4-13H2,1-3H3/t14-/m0/s1. The molecular formula is C16H31N3O2. The molecule has 2 saturated heterocycles. The smallest absolute Gasteiger partial charge is 0.222 e. The lowest BCUT2D eigenvalue weighted by molar-refractivity contribution is -0.127. The number of amides is 1. The van der Waals surface area contributed by atoms with Crippen molar-refractivity contribution in [3.8, 4) is 0 Å². The molecule has 0 aromatic heterocycles. The SMILES string of the molecule is CC(C)(C)[C@@H](O)CN1CCN(CCN2CCCC2=O)CC1. The van der Waals surface area contributed by atoms with Crippen LogP contribution in [0.3, 0.4) is 0 Å². The normalized spacial score (nSPS) is 23.8. The van der Waals surface area contributed by atoms with Crippen molar-refractivity contribution in [2.75, 3.05) is 52.4 Å². The highest BCUT2D eigenvalue weighted by Crippen LogP contribution is 2.20. The molecule has 0 spiro atoms. The molecule has 1 amide bonds. The number of aliphatic hydroxyl groups excluding tert-OH is 1. The Morgan fingerprint density at radius 1 is 1.05 bits per heavy atom. The van der Waals surface area contributed by atoms with Gasteiger partial charge in [0.25, 0.3) is 0 Å². The zero-order valence-corrected chi connectivity index (χ0v) is 13.8. The van der Waals surface area contributed by atoms with E-state index in [-0.39, 0.29) is 11.5 Å². The van der Waals surface area contributed by atoms with Crippen molar-refractivity contribution in [2.45, 2.75) is 39.7 Å². The van der Waals surface area contributed by atoms with E-state index in [1.54, 1.807) is 0 Å². The fourth-order valence-electron chi connectivity index (χ4n) is 2.92. The number of hydrogen-bond donors (Lipinski definition) is 1. The van der Waals surface area contributed by atoms with Gasteiger partial charge in [-0.2, -0.15) is 0 Å². The molecular weight excluding hydrogens is 266 g/mol. The van der Waals surface area contributed by atoms with Crippen LogP contribution in [-0.4, -0.2) is 84.2 Å². The third-order valence-electron chi connectivity index (χ3n) is 4.75. The first-order chi connectivity index (χ1) is 9.86. The topological polar surface area (TPSA) is 47.0 Å². The van der Waals surface area contributed by atoms with Gasteiger partial charge in [0.2, 0.25) is 5.91 Å². The summed E-state index contributed by atoms with van der Waals surface area (Å²) < 4.78 is 0. The van der Waals surface area contributed by atoms with Gasteiger partial charge in [-0.3, -0.25) is 14.6 Å². The first-order valence-corrected chi connectivity index (χ1v) is 8.27. The van der Waals surface area contributed by atoms with Crippen LogP contribution in [0, 0.1) is 5.41 Å². The van der Waals surface area contributed by atoms with E-state index in [1.165, 1.54) is 0 Å². The van der Waals surface area contributed by atoms with Gasteiger partial charge in [-0.15, -0.1) is 0 Å². The second-order valence-electron chi connectivity index (χ2n) is 7.51. The van der Waals surface area contributed by atoms with Crippen LogP contribution >= 0.6 is 0 Å². The molecule has 0 saturated carbocycles. The summed E-state index contributed by atoms with van der Waals surface area (Å²) in [5, 5.41) is 10.2. The average molecular weight is 297 g/mol. The lowest BCUT2D eigenvalue weighted by Gasteiger charge is -2.38. The molecule has 122 valence electrons. The minimum absolute atomic E-state index is 0.0484. The lowest BCUT2D eigenvalue weighted by Crippen LogP contribution is -2.51. The number of β-amino-alcohol motifs (C(OH)–C–C–N with tert-alkyl or cyclic N) is 1. The van der Waals surface area contributed by atoms with Gasteiger partial charge in [0.15, 0.2) is 0 Å². The molecule has 5 heteroatoms. The van der Waals surface area contributed by atoms with Crippen LogP contribution in [0.25, 0.3) is 0 Å². The first kappa shape index (κ1) is 16.7. The van der Waals surface area contributed by atoms with Gasteiger partial charge in [0, 0.05) is 58.8 Å². The Labute approximate surface area is 128 Å². The molecule has 0 aromatic carbocycles. The van der Waals surface area contributed by atoms with E-state index < -0.39 is 0 Å². The number of carbonyl (C=O) groups is 1. The van der Waals surface area contributed by atoms with Crippen molar-refractivity contribution >= 4 is 5.91 Å². The van der Waals surface area contributed by atoms with Crippen molar-refractivity contribution in [1.29, 1.82) is 0 Å². The highest BCUT2D eigenvalue weighted by Gasteiger charge is 2.27. The number of carbonyl (C=O) groups excluding carboxylic acids is 1. The molecule has 0 aliphatic carbocycles. The van der Waals surface area contributed by atoms with Gasteiger partial charge < -0.3 is 10.0 Å². The van der Waals surface area contributed by atoms with Crippen LogP contribution < -0.4 is 0 Å². The molecule has 2 aliphatic heterocycles. The zero-order valence-electron chi connectivity index (χ0n) is 13.8. The van der Waals surface area contributed by atoms with Crippen molar-refractivity contribution in [2.24, 2.45) is 5.41 Å². The fraction of sp³-hybridized carbons (Fsp3) is 0.938. The summed E-state index contributed by atoms with van der Waals surface area (Å²) in [5.74, 6) is 0.321. The van der Waals surface area contributed by atoms with Crippen LogP contribution in [-0.2, 0) is 4.79 Å². The highest BCUT2D eigenvalue weighted by atomic mass is 16.3. The van der Waals surface area contributed by atoms with Gasteiger partial charge in [-0.1, -0.05) is 20.8 Å². The second-order valence-corrected chi connectivity index (χ2v) is 7.51. The number of hydrogen-bond acceptors (Lipinski definition) is 4. The Morgan fingerprint density at radius 2 is 1.67 bits per heavy atom. The van der Waals surface area contributed by atoms with Crippen LogP contribution in [0.2, 0.25) is 0 Å². The maximum atomic E-state index is 11.6. The van der Waals surface area contributed by atoms with Crippen LogP contribution in [0.1, 0.15) is 33.6 Å². The van der Waals surface area contributed by atoms with E-state index in [1.807, 2.05) is 4.90 Å². The number of rotatable bonds is 5. The summed E-state index contributed by atoms with van der Waals surface area (Å²) in [7, 11) is 0. The molecule has 2 aliphatic rings. The van der Waals surface area contributed by atoms with Crippen LogP contribution in [0.4, 0.5) is 0 Å². The predicted octanol–water partition coefficient (Wildman–Crippen LogP) is 0.633.